The third-order valence-corrected chi connectivity index (χ3v) is 3.54. The number of rotatable bonds is 10. The van der Waals surface area contributed by atoms with Crippen LogP contribution < -0.4 is 5.32 Å². The Bertz CT molecular complexity index is 262. The van der Waals surface area contributed by atoms with Gasteiger partial charge in [0.05, 0.1) is 12.3 Å². The fourth-order valence-electron chi connectivity index (χ4n) is 1.65. The number of aromatic nitrogens is 1. The number of nitrogens with one attached hydrogen (secondary N) is 1. The number of unbranched alkanes of at least 4 members (excludes halogenated alkanes) is 3. The maximum atomic E-state index is 4.98. The van der Waals surface area contributed by atoms with Gasteiger partial charge in [0.1, 0.15) is 5.01 Å². The molecule has 0 bridgehead atoms. The molecule has 1 rings (SSSR count). The molecule has 0 aliphatic carbocycles. The summed E-state index contributed by atoms with van der Waals surface area (Å²) in [5.74, 6) is 0. The van der Waals surface area contributed by atoms with Gasteiger partial charge in [-0.25, -0.2) is 4.98 Å². The first-order valence-electron chi connectivity index (χ1n) is 6.49. The van der Waals surface area contributed by atoms with Crippen molar-refractivity contribution in [3.63, 3.8) is 0 Å². The van der Waals surface area contributed by atoms with Crippen molar-refractivity contribution in [2.45, 2.75) is 45.6 Å². The third kappa shape index (κ3) is 6.76. The van der Waals surface area contributed by atoms with Crippen LogP contribution in [0.15, 0.2) is 5.38 Å². The first-order chi connectivity index (χ1) is 8.36. The van der Waals surface area contributed by atoms with E-state index in [1.165, 1.54) is 36.4 Å². The number of nitrogens with zero attached hydrogens (tertiary/aromatic N) is 1. The lowest BCUT2D eigenvalue weighted by molar-refractivity contribution is 0.199. The molecule has 1 aromatic heterocycles. The molecule has 4 heteroatoms. The summed E-state index contributed by atoms with van der Waals surface area (Å²) in [6.07, 6.45) is 6.37. The standard InChI is InChI=1S/C13H24N2OS/c1-3-4-5-6-7-12-11-17-13(15-12)10-14-8-9-16-2/h11,14H,3-10H2,1-2H3. The maximum Gasteiger partial charge on any atom is 0.107 e. The number of aryl methyl sites for hydroxylation is 1. The van der Waals surface area contributed by atoms with Gasteiger partial charge in [-0.05, 0) is 12.8 Å². The lowest BCUT2D eigenvalue weighted by atomic mass is 10.1. The van der Waals surface area contributed by atoms with E-state index in [0.717, 1.165) is 26.1 Å². The molecule has 1 aromatic rings. The Balaban J connectivity index is 2.14. The zero-order valence-corrected chi connectivity index (χ0v) is 11.8. The van der Waals surface area contributed by atoms with Crippen molar-refractivity contribution in [1.82, 2.24) is 10.3 Å². The molecule has 17 heavy (non-hydrogen) atoms. The van der Waals surface area contributed by atoms with E-state index in [2.05, 4.69) is 22.6 Å². The Hall–Kier alpha value is -0.450. The van der Waals surface area contributed by atoms with Crippen molar-refractivity contribution in [3.05, 3.63) is 16.1 Å². The van der Waals surface area contributed by atoms with E-state index >= 15 is 0 Å². The van der Waals surface area contributed by atoms with Crippen molar-refractivity contribution in [3.8, 4) is 0 Å². The van der Waals surface area contributed by atoms with Crippen LogP contribution in [0.4, 0.5) is 0 Å². The van der Waals surface area contributed by atoms with E-state index in [1.807, 2.05) is 0 Å². The van der Waals surface area contributed by atoms with E-state index in [4.69, 9.17) is 4.74 Å². The lowest BCUT2D eigenvalue weighted by Crippen LogP contribution is -2.18. The van der Waals surface area contributed by atoms with Gasteiger partial charge in [0.2, 0.25) is 0 Å². The van der Waals surface area contributed by atoms with Crippen molar-refractivity contribution in [1.29, 1.82) is 0 Å². The highest BCUT2D eigenvalue weighted by molar-refractivity contribution is 7.09. The minimum atomic E-state index is 0.759. The Labute approximate surface area is 109 Å². The van der Waals surface area contributed by atoms with E-state index in [-0.39, 0.29) is 0 Å². The monoisotopic (exact) mass is 256 g/mol. The minimum absolute atomic E-state index is 0.759. The molecule has 0 radical (unpaired) electrons. The van der Waals surface area contributed by atoms with E-state index < -0.39 is 0 Å². The fraction of sp³-hybridized carbons (Fsp3) is 0.769. The van der Waals surface area contributed by atoms with Crippen molar-refractivity contribution >= 4 is 11.3 Å². The molecule has 98 valence electrons. The van der Waals surface area contributed by atoms with Gasteiger partial charge in [-0.2, -0.15) is 0 Å². The smallest absolute Gasteiger partial charge is 0.107 e. The Morgan fingerprint density at radius 1 is 1.35 bits per heavy atom. The van der Waals surface area contributed by atoms with Gasteiger partial charge < -0.3 is 10.1 Å². The van der Waals surface area contributed by atoms with Crippen LogP contribution in [0.1, 0.15) is 43.3 Å². The second kappa shape index (κ2) is 9.57. The summed E-state index contributed by atoms with van der Waals surface area (Å²) in [6.45, 7) is 4.76. The molecule has 0 saturated carbocycles. The second-order valence-electron chi connectivity index (χ2n) is 4.21. The number of methoxy groups -OCH3 is 1. The van der Waals surface area contributed by atoms with Gasteiger partial charge in [-0.3, -0.25) is 0 Å². The summed E-state index contributed by atoms with van der Waals surface area (Å²) >= 11 is 1.76. The zero-order valence-electron chi connectivity index (χ0n) is 11.0. The first kappa shape index (κ1) is 14.6. The topological polar surface area (TPSA) is 34.1 Å². The Morgan fingerprint density at radius 2 is 2.24 bits per heavy atom. The van der Waals surface area contributed by atoms with Crippen LogP contribution >= 0.6 is 11.3 Å². The summed E-state index contributed by atoms with van der Waals surface area (Å²) in [5, 5.41) is 6.70. The molecule has 0 aliphatic rings. The third-order valence-electron chi connectivity index (χ3n) is 2.64. The summed E-state index contributed by atoms with van der Waals surface area (Å²) in [4.78, 5) is 4.62. The zero-order chi connectivity index (χ0) is 12.3. The van der Waals surface area contributed by atoms with Gasteiger partial charge in [0.25, 0.3) is 0 Å². The van der Waals surface area contributed by atoms with Crippen molar-refractivity contribution < 1.29 is 4.74 Å². The van der Waals surface area contributed by atoms with E-state index in [0.29, 0.717) is 0 Å². The van der Waals surface area contributed by atoms with Gasteiger partial charge in [0.15, 0.2) is 0 Å². The quantitative estimate of drug-likeness (QED) is 0.653. The molecule has 1 heterocycles. The summed E-state index contributed by atoms with van der Waals surface area (Å²) < 4.78 is 4.98. The summed E-state index contributed by atoms with van der Waals surface area (Å²) in [7, 11) is 1.72. The average molecular weight is 256 g/mol. The maximum absolute atomic E-state index is 4.98. The minimum Gasteiger partial charge on any atom is -0.383 e. The second-order valence-corrected chi connectivity index (χ2v) is 5.16. The predicted octanol–water partition coefficient (Wildman–Crippen LogP) is 3.00. The van der Waals surface area contributed by atoms with E-state index in [1.54, 1.807) is 18.4 Å². The first-order valence-corrected chi connectivity index (χ1v) is 7.37. The van der Waals surface area contributed by atoms with Gasteiger partial charge >= 0.3 is 0 Å². The van der Waals surface area contributed by atoms with Crippen LogP contribution in [0, 0.1) is 0 Å². The van der Waals surface area contributed by atoms with Crippen LogP contribution in [0.3, 0.4) is 0 Å². The van der Waals surface area contributed by atoms with Crippen LogP contribution in [0.5, 0.6) is 0 Å². The highest BCUT2D eigenvalue weighted by Gasteiger charge is 2.01. The fourth-order valence-corrected chi connectivity index (χ4v) is 2.45. The number of thiazole rings is 1. The molecule has 0 fully saturated rings. The SMILES string of the molecule is CCCCCCc1csc(CNCCOC)n1. The molecule has 0 aromatic carbocycles. The van der Waals surface area contributed by atoms with Crippen LogP contribution in [-0.2, 0) is 17.7 Å². The van der Waals surface area contributed by atoms with Crippen LogP contribution in [-0.4, -0.2) is 25.2 Å². The molecular formula is C13H24N2OS. The normalized spacial score (nSPS) is 10.9. The molecule has 0 aliphatic heterocycles. The molecule has 0 unspecified atom stereocenters. The highest BCUT2D eigenvalue weighted by Crippen LogP contribution is 2.12. The van der Waals surface area contributed by atoms with Crippen LogP contribution in [0.2, 0.25) is 0 Å². The molecule has 0 atom stereocenters. The largest absolute Gasteiger partial charge is 0.383 e. The van der Waals surface area contributed by atoms with Crippen LogP contribution in [0.25, 0.3) is 0 Å². The molecule has 1 N–H and O–H groups in total. The molecule has 0 saturated heterocycles. The highest BCUT2D eigenvalue weighted by atomic mass is 32.1. The van der Waals surface area contributed by atoms with Gasteiger partial charge in [-0.1, -0.05) is 26.2 Å². The number of hydrogen-bond acceptors (Lipinski definition) is 4. The average Bonchev–Trinajstić information content (AvgIpc) is 2.78. The van der Waals surface area contributed by atoms with Gasteiger partial charge in [0, 0.05) is 25.6 Å². The Morgan fingerprint density at radius 3 is 3.00 bits per heavy atom. The van der Waals surface area contributed by atoms with Crippen molar-refractivity contribution in [2.75, 3.05) is 20.3 Å². The molecule has 0 amide bonds. The summed E-state index contributed by atoms with van der Waals surface area (Å²) in [6, 6.07) is 0. The predicted molar refractivity (Wildman–Crippen MR) is 73.5 cm³/mol. The van der Waals surface area contributed by atoms with Gasteiger partial charge in [-0.15, -0.1) is 11.3 Å². The summed E-state index contributed by atoms with van der Waals surface area (Å²) in [5.41, 5.74) is 1.26. The number of hydrogen-bond donors (Lipinski definition) is 1. The number of ether oxygens (including phenoxy) is 1. The van der Waals surface area contributed by atoms with Crippen molar-refractivity contribution in [2.24, 2.45) is 0 Å². The van der Waals surface area contributed by atoms with E-state index in [9.17, 15) is 0 Å². The Kier molecular flexibility index (Phi) is 8.22. The molecule has 0 spiro atoms. The molecular weight excluding hydrogens is 232 g/mol. The molecule has 3 nitrogen and oxygen atoms in total. The lowest BCUT2D eigenvalue weighted by Gasteiger charge is -2.00.